The zero-order valence-corrected chi connectivity index (χ0v) is 12.1. The van der Waals surface area contributed by atoms with E-state index >= 15 is 0 Å². The molecule has 0 aliphatic carbocycles. The molecule has 98 valence electrons. The summed E-state index contributed by atoms with van der Waals surface area (Å²) in [7, 11) is 0. The van der Waals surface area contributed by atoms with Gasteiger partial charge in [-0.15, -0.1) is 11.3 Å². The standard InChI is InChI=1S/C15H11N3S2/c16-15-18-12(8-19-15)9-5-6-14-11(7-9)17-10-3-1-2-4-13(10)20-14/h1-8,17H,(H2,16,18). The van der Waals surface area contributed by atoms with Crippen LogP contribution in [0.3, 0.4) is 0 Å². The van der Waals surface area contributed by atoms with Gasteiger partial charge in [-0.2, -0.15) is 0 Å². The fourth-order valence-electron chi connectivity index (χ4n) is 2.22. The number of para-hydroxylation sites is 1. The number of aromatic nitrogens is 1. The molecule has 3 aromatic rings. The Hall–Kier alpha value is -1.98. The summed E-state index contributed by atoms with van der Waals surface area (Å²) in [5.41, 5.74) is 10.00. The Morgan fingerprint density at radius 2 is 1.85 bits per heavy atom. The van der Waals surface area contributed by atoms with Gasteiger partial charge in [-0.1, -0.05) is 30.0 Å². The molecule has 2 aromatic carbocycles. The number of nitrogen functional groups attached to an aromatic ring is 1. The predicted octanol–water partition coefficient (Wildman–Crippen LogP) is 4.60. The van der Waals surface area contributed by atoms with Gasteiger partial charge in [0.15, 0.2) is 5.13 Å². The SMILES string of the molecule is Nc1nc(-c2ccc3c(c2)Nc2ccccc2S3)cs1. The summed E-state index contributed by atoms with van der Waals surface area (Å²) in [6.07, 6.45) is 0. The van der Waals surface area contributed by atoms with Crippen molar-refractivity contribution in [3.05, 3.63) is 47.8 Å². The van der Waals surface area contributed by atoms with Crippen LogP contribution < -0.4 is 11.1 Å². The van der Waals surface area contributed by atoms with Crippen LogP contribution in [-0.2, 0) is 0 Å². The highest BCUT2D eigenvalue weighted by Gasteiger charge is 2.16. The zero-order valence-electron chi connectivity index (χ0n) is 10.5. The summed E-state index contributed by atoms with van der Waals surface area (Å²) in [4.78, 5) is 6.82. The monoisotopic (exact) mass is 297 g/mol. The van der Waals surface area contributed by atoms with Gasteiger partial charge in [-0.25, -0.2) is 4.98 Å². The van der Waals surface area contributed by atoms with Crippen LogP contribution in [0.1, 0.15) is 0 Å². The number of nitrogens with two attached hydrogens (primary N) is 1. The van der Waals surface area contributed by atoms with Crippen molar-refractivity contribution in [1.29, 1.82) is 0 Å². The summed E-state index contributed by atoms with van der Waals surface area (Å²) < 4.78 is 0. The lowest BCUT2D eigenvalue weighted by Gasteiger charge is -2.21. The molecule has 3 N–H and O–H groups in total. The van der Waals surface area contributed by atoms with Gasteiger partial charge in [0.2, 0.25) is 0 Å². The van der Waals surface area contributed by atoms with Gasteiger partial charge >= 0.3 is 0 Å². The third-order valence-electron chi connectivity index (χ3n) is 3.17. The lowest BCUT2D eigenvalue weighted by Crippen LogP contribution is -1.99. The Morgan fingerprint density at radius 3 is 2.70 bits per heavy atom. The van der Waals surface area contributed by atoms with Gasteiger partial charge in [0.1, 0.15) is 0 Å². The number of hydrogen-bond acceptors (Lipinski definition) is 5. The molecule has 0 fully saturated rings. The first-order chi connectivity index (χ1) is 9.79. The number of nitrogens with zero attached hydrogens (tertiary/aromatic N) is 1. The van der Waals surface area contributed by atoms with Crippen molar-refractivity contribution in [1.82, 2.24) is 4.98 Å². The minimum Gasteiger partial charge on any atom is -0.375 e. The highest BCUT2D eigenvalue weighted by Crippen LogP contribution is 2.45. The molecule has 0 spiro atoms. The van der Waals surface area contributed by atoms with Crippen molar-refractivity contribution in [3.63, 3.8) is 0 Å². The average molecular weight is 297 g/mol. The quantitative estimate of drug-likeness (QED) is 0.539. The van der Waals surface area contributed by atoms with Crippen LogP contribution in [0.5, 0.6) is 0 Å². The molecule has 1 aliphatic rings. The summed E-state index contributed by atoms with van der Waals surface area (Å²) in [5, 5.41) is 6.07. The Kier molecular flexibility index (Phi) is 2.68. The maximum Gasteiger partial charge on any atom is 0.180 e. The maximum atomic E-state index is 5.70. The summed E-state index contributed by atoms with van der Waals surface area (Å²) >= 11 is 3.25. The number of hydrogen-bond donors (Lipinski definition) is 2. The second-order valence-electron chi connectivity index (χ2n) is 4.51. The van der Waals surface area contributed by atoms with E-state index in [1.165, 1.54) is 21.1 Å². The molecule has 2 heterocycles. The molecule has 1 aliphatic heterocycles. The summed E-state index contributed by atoms with van der Waals surface area (Å²) in [6, 6.07) is 14.7. The van der Waals surface area contributed by atoms with Crippen LogP contribution in [0.4, 0.5) is 16.5 Å². The molecule has 20 heavy (non-hydrogen) atoms. The molecule has 5 heteroatoms. The van der Waals surface area contributed by atoms with E-state index < -0.39 is 0 Å². The van der Waals surface area contributed by atoms with Gasteiger partial charge in [-0.3, -0.25) is 0 Å². The van der Waals surface area contributed by atoms with Gasteiger partial charge in [-0.05, 0) is 24.3 Å². The van der Waals surface area contributed by atoms with Crippen LogP contribution in [0.2, 0.25) is 0 Å². The van der Waals surface area contributed by atoms with Gasteiger partial charge in [0.25, 0.3) is 0 Å². The number of rotatable bonds is 1. The molecular weight excluding hydrogens is 286 g/mol. The highest BCUT2D eigenvalue weighted by molar-refractivity contribution is 7.99. The first kappa shape index (κ1) is 11.8. The largest absolute Gasteiger partial charge is 0.375 e. The number of fused-ring (bicyclic) bond motifs is 2. The number of nitrogens with one attached hydrogen (secondary N) is 1. The molecular formula is C15H11N3S2. The highest BCUT2D eigenvalue weighted by atomic mass is 32.2. The average Bonchev–Trinajstić information content (AvgIpc) is 2.91. The first-order valence-corrected chi connectivity index (χ1v) is 7.88. The van der Waals surface area contributed by atoms with Gasteiger partial charge in [0.05, 0.1) is 17.1 Å². The Labute approximate surface area is 124 Å². The van der Waals surface area contributed by atoms with E-state index in [9.17, 15) is 0 Å². The van der Waals surface area contributed by atoms with Crippen LogP contribution in [0, 0.1) is 0 Å². The number of thiazole rings is 1. The molecule has 4 rings (SSSR count). The topological polar surface area (TPSA) is 50.9 Å². The van der Waals surface area contributed by atoms with E-state index in [0.717, 1.165) is 22.6 Å². The smallest absolute Gasteiger partial charge is 0.180 e. The molecule has 0 radical (unpaired) electrons. The van der Waals surface area contributed by atoms with E-state index in [0.29, 0.717) is 5.13 Å². The summed E-state index contributed by atoms with van der Waals surface area (Å²) in [5.74, 6) is 0. The van der Waals surface area contributed by atoms with Crippen molar-refractivity contribution in [2.45, 2.75) is 9.79 Å². The third kappa shape index (κ3) is 1.95. The van der Waals surface area contributed by atoms with Crippen LogP contribution in [-0.4, -0.2) is 4.98 Å². The molecule has 0 atom stereocenters. The van der Waals surface area contributed by atoms with Gasteiger partial charge < -0.3 is 11.1 Å². The molecule has 0 saturated heterocycles. The van der Waals surface area contributed by atoms with Crippen LogP contribution in [0.15, 0.2) is 57.6 Å². The lowest BCUT2D eigenvalue weighted by molar-refractivity contribution is 1.31. The van der Waals surface area contributed by atoms with E-state index in [2.05, 4.69) is 46.7 Å². The minimum absolute atomic E-state index is 0.602. The molecule has 0 saturated carbocycles. The molecule has 3 nitrogen and oxygen atoms in total. The minimum atomic E-state index is 0.602. The molecule has 1 aromatic heterocycles. The van der Waals surface area contributed by atoms with E-state index in [1.807, 2.05) is 11.4 Å². The predicted molar refractivity (Wildman–Crippen MR) is 85.8 cm³/mol. The van der Waals surface area contributed by atoms with Crippen LogP contribution in [0.25, 0.3) is 11.3 Å². The van der Waals surface area contributed by atoms with Crippen molar-refractivity contribution >= 4 is 39.6 Å². The second-order valence-corrected chi connectivity index (χ2v) is 6.48. The lowest BCUT2D eigenvalue weighted by atomic mass is 10.1. The molecule has 0 bridgehead atoms. The Morgan fingerprint density at radius 1 is 1.00 bits per heavy atom. The molecule has 0 amide bonds. The Balaban J connectivity index is 1.76. The summed E-state index contributed by atoms with van der Waals surface area (Å²) in [6.45, 7) is 0. The van der Waals surface area contributed by atoms with Crippen molar-refractivity contribution in [3.8, 4) is 11.3 Å². The van der Waals surface area contributed by atoms with E-state index in [4.69, 9.17) is 5.73 Å². The van der Waals surface area contributed by atoms with Crippen molar-refractivity contribution in [2.75, 3.05) is 11.1 Å². The Bertz CT molecular complexity index is 795. The first-order valence-electron chi connectivity index (χ1n) is 6.19. The van der Waals surface area contributed by atoms with Crippen molar-refractivity contribution < 1.29 is 0 Å². The maximum absolute atomic E-state index is 5.70. The van der Waals surface area contributed by atoms with Gasteiger partial charge in [0, 0.05) is 20.7 Å². The molecule has 0 unspecified atom stereocenters. The van der Waals surface area contributed by atoms with E-state index in [1.54, 1.807) is 11.8 Å². The normalized spacial score (nSPS) is 12.4. The van der Waals surface area contributed by atoms with Crippen molar-refractivity contribution in [2.24, 2.45) is 0 Å². The fourth-order valence-corrected chi connectivity index (χ4v) is 3.76. The second kappa shape index (κ2) is 4.54. The zero-order chi connectivity index (χ0) is 13.5. The third-order valence-corrected chi connectivity index (χ3v) is 5.00. The fraction of sp³-hybridized carbons (Fsp3) is 0. The number of anilines is 3. The number of benzene rings is 2. The van der Waals surface area contributed by atoms with E-state index in [-0.39, 0.29) is 0 Å². The van der Waals surface area contributed by atoms with Crippen LogP contribution >= 0.6 is 23.1 Å².